The van der Waals surface area contributed by atoms with Crippen LogP contribution in [0.1, 0.15) is 48.0 Å². The molecule has 2 fully saturated rings. The number of aryl methyl sites for hydroxylation is 1. The Labute approximate surface area is 155 Å². The van der Waals surface area contributed by atoms with Crippen LogP contribution in [0.4, 0.5) is 5.69 Å². The first-order valence-corrected chi connectivity index (χ1v) is 9.30. The first-order valence-electron chi connectivity index (χ1n) is 9.30. The lowest BCUT2D eigenvalue weighted by atomic mass is 10.0. The number of piperidine rings is 1. The average molecular weight is 361 g/mol. The van der Waals surface area contributed by atoms with Crippen LogP contribution in [-0.4, -0.2) is 56.3 Å². The lowest BCUT2D eigenvalue weighted by Gasteiger charge is -2.44. The van der Waals surface area contributed by atoms with Gasteiger partial charge < -0.3 is 19.3 Å². The van der Waals surface area contributed by atoms with Gasteiger partial charge >= 0.3 is 5.97 Å². The van der Waals surface area contributed by atoms with Crippen molar-refractivity contribution in [2.75, 3.05) is 39.7 Å². The number of ether oxygens (including phenoxy) is 2. The third kappa shape index (κ3) is 3.07. The highest BCUT2D eigenvalue weighted by Gasteiger charge is 2.64. The highest BCUT2D eigenvalue weighted by atomic mass is 16.5. The minimum atomic E-state index is -0.481. The number of anilines is 1. The van der Waals surface area contributed by atoms with E-state index in [-0.39, 0.29) is 11.4 Å². The van der Waals surface area contributed by atoms with Gasteiger partial charge in [-0.2, -0.15) is 0 Å². The smallest absolute Gasteiger partial charge is 0.340 e. The Hall–Kier alpha value is -2.08. The molecule has 0 aromatic heterocycles. The molecule has 6 heteroatoms. The lowest BCUT2D eigenvalue weighted by molar-refractivity contribution is -0.938. The minimum absolute atomic E-state index is 0.0142. The molecule has 1 aromatic carbocycles. The van der Waals surface area contributed by atoms with Gasteiger partial charge in [0, 0.05) is 12.8 Å². The summed E-state index contributed by atoms with van der Waals surface area (Å²) < 4.78 is 11.0. The van der Waals surface area contributed by atoms with Crippen LogP contribution in [0.15, 0.2) is 12.1 Å². The minimum Gasteiger partial charge on any atom is -0.497 e. The molecule has 1 aliphatic heterocycles. The first-order chi connectivity index (χ1) is 12.4. The molecule has 1 heterocycles. The van der Waals surface area contributed by atoms with E-state index in [1.165, 1.54) is 26.4 Å². The number of likely N-dealkylation sites (N-methyl/N-ethyl adjacent to an activating group) is 1. The summed E-state index contributed by atoms with van der Waals surface area (Å²) in [6, 6.07) is 3.43. The van der Waals surface area contributed by atoms with E-state index in [9.17, 15) is 9.59 Å². The van der Waals surface area contributed by atoms with Crippen molar-refractivity contribution in [2.24, 2.45) is 0 Å². The van der Waals surface area contributed by atoms with Gasteiger partial charge in [0.05, 0.1) is 45.6 Å². The third-order valence-corrected chi connectivity index (χ3v) is 6.17. The zero-order valence-corrected chi connectivity index (χ0v) is 16.2. The number of esters is 1. The zero-order valence-electron chi connectivity index (χ0n) is 16.2. The summed E-state index contributed by atoms with van der Waals surface area (Å²) in [5.74, 6) is 0.0999. The van der Waals surface area contributed by atoms with E-state index in [0.717, 1.165) is 36.0 Å². The first kappa shape index (κ1) is 18.7. The highest BCUT2D eigenvalue weighted by Crippen LogP contribution is 2.48. The van der Waals surface area contributed by atoms with Crippen LogP contribution in [0.3, 0.4) is 0 Å². The van der Waals surface area contributed by atoms with Gasteiger partial charge in [-0.25, -0.2) is 4.79 Å². The topological polar surface area (TPSA) is 64.6 Å². The molecular weight excluding hydrogens is 332 g/mol. The van der Waals surface area contributed by atoms with Crippen molar-refractivity contribution in [1.82, 2.24) is 0 Å². The summed E-state index contributed by atoms with van der Waals surface area (Å²) in [4.78, 5) is 25.5. The summed E-state index contributed by atoms with van der Waals surface area (Å²) in [6.45, 7) is 3.94. The van der Waals surface area contributed by atoms with Gasteiger partial charge in [0.2, 0.25) is 0 Å². The predicted molar refractivity (Wildman–Crippen MR) is 99.4 cm³/mol. The van der Waals surface area contributed by atoms with Gasteiger partial charge in [-0.15, -0.1) is 0 Å². The number of likely N-dealkylation sites (tertiary alicyclic amines) is 1. The van der Waals surface area contributed by atoms with E-state index in [2.05, 4.69) is 12.4 Å². The Morgan fingerprint density at radius 3 is 2.31 bits per heavy atom. The molecule has 0 spiro atoms. The molecule has 3 rings (SSSR count). The summed E-state index contributed by atoms with van der Waals surface area (Å²) in [6.07, 6.45) is 5.38. The monoisotopic (exact) mass is 361 g/mol. The van der Waals surface area contributed by atoms with Crippen LogP contribution in [-0.2, 0) is 9.53 Å². The highest BCUT2D eigenvalue weighted by molar-refractivity contribution is 6.06. The number of amides is 1. The van der Waals surface area contributed by atoms with Crippen molar-refractivity contribution in [3.05, 3.63) is 23.3 Å². The van der Waals surface area contributed by atoms with E-state index in [0.29, 0.717) is 17.0 Å². The molecule has 0 bridgehead atoms. The van der Waals surface area contributed by atoms with Crippen molar-refractivity contribution < 1.29 is 23.5 Å². The Balaban J connectivity index is 1.91. The second kappa shape index (κ2) is 6.91. The maximum Gasteiger partial charge on any atom is 0.340 e. The second-order valence-corrected chi connectivity index (χ2v) is 7.75. The van der Waals surface area contributed by atoms with E-state index < -0.39 is 5.97 Å². The van der Waals surface area contributed by atoms with Crippen LogP contribution in [0.25, 0.3) is 0 Å². The third-order valence-electron chi connectivity index (χ3n) is 6.17. The van der Waals surface area contributed by atoms with Gasteiger partial charge in [-0.1, -0.05) is 0 Å². The number of benzene rings is 1. The van der Waals surface area contributed by atoms with E-state index in [1.54, 1.807) is 13.2 Å². The maximum absolute atomic E-state index is 13.3. The van der Waals surface area contributed by atoms with Crippen LogP contribution in [0.2, 0.25) is 0 Å². The fourth-order valence-electron chi connectivity index (χ4n) is 4.31. The number of nitrogens with one attached hydrogen (secondary N) is 1. The summed E-state index contributed by atoms with van der Waals surface area (Å²) in [5, 5.41) is 3.06. The van der Waals surface area contributed by atoms with Crippen LogP contribution < -0.4 is 10.1 Å². The van der Waals surface area contributed by atoms with Gasteiger partial charge in [-0.3, -0.25) is 4.79 Å². The summed E-state index contributed by atoms with van der Waals surface area (Å²) >= 11 is 0. The number of carbonyl (C=O) groups is 2. The molecule has 6 nitrogen and oxygen atoms in total. The fraction of sp³-hybridized carbons (Fsp3) is 0.600. The number of hydrogen-bond acceptors (Lipinski definition) is 4. The average Bonchev–Trinajstić information content (AvgIpc) is 3.45. The molecule has 1 saturated carbocycles. The number of rotatable bonds is 5. The van der Waals surface area contributed by atoms with Crippen molar-refractivity contribution in [2.45, 2.75) is 44.6 Å². The molecule has 1 aliphatic carbocycles. The normalized spacial score (nSPS) is 20.2. The Morgan fingerprint density at radius 1 is 1.12 bits per heavy atom. The Morgan fingerprint density at radius 2 is 1.77 bits per heavy atom. The molecule has 26 heavy (non-hydrogen) atoms. The molecule has 1 N–H and O–H groups in total. The molecule has 1 saturated heterocycles. The molecule has 0 unspecified atom stereocenters. The van der Waals surface area contributed by atoms with Crippen molar-refractivity contribution in [3.8, 4) is 5.75 Å². The SMILES string of the molecule is COC(=O)c1cc(OC)cc(C)c1NC(=O)C1([N+]2(C)CCCCC2)CC1. The van der Waals surface area contributed by atoms with Gasteiger partial charge in [0.15, 0.2) is 5.54 Å². The van der Waals surface area contributed by atoms with E-state index in [4.69, 9.17) is 9.47 Å². The van der Waals surface area contributed by atoms with Gasteiger partial charge in [-0.05, 0) is 43.9 Å². The second-order valence-electron chi connectivity index (χ2n) is 7.75. The molecule has 1 aromatic rings. The Bertz CT molecular complexity index is 719. The largest absolute Gasteiger partial charge is 0.497 e. The molecule has 1 amide bonds. The van der Waals surface area contributed by atoms with Crippen molar-refractivity contribution in [3.63, 3.8) is 0 Å². The maximum atomic E-state index is 13.3. The quantitative estimate of drug-likeness (QED) is 0.647. The molecule has 0 radical (unpaired) electrons. The number of nitrogens with zero attached hydrogens (tertiary/aromatic N) is 1. The fourth-order valence-corrected chi connectivity index (χ4v) is 4.31. The van der Waals surface area contributed by atoms with E-state index in [1.807, 2.05) is 13.0 Å². The van der Waals surface area contributed by atoms with Crippen molar-refractivity contribution in [1.29, 1.82) is 0 Å². The number of quaternary nitrogens is 1. The van der Waals surface area contributed by atoms with Crippen LogP contribution in [0.5, 0.6) is 5.75 Å². The molecular formula is C20H29N2O4+. The molecule has 2 aliphatic rings. The number of methoxy groups -OCH3 is 2. The number of hydrogen-bond donors (Lipinski definition) is 1. The lowest BCUT2D eigenvalue weighted by Crippen LogP contribution is -2.61. The van der Waals surface area contributed by atoms with Gasteiger partial charge in [0.25, 0.3) is 5.91 Å². The Kier molecular flexibility index (Phi) is 4.97. The summed E-state index contributed by atoms with van der Waals surface area (Å²) in [5.41, 5.74) is 1.28. The summed E-state index contributed by atoms with van der Waals surface area (Å²) in [7, 11) is 5.09. The van der Waals surface area contributed by atoms with Crippen LogP contribution in [0, 0.1) is 6.92 Å². The van der Waals surface area contributed by atoms with Crippen LogP contribution >= 0.6 is 0 Å². The van der Waals surface area contributed by atoms with E-state index >= 15 is 0 Å². The zero-order chi connectivity index (χ0) is 18.9. The molecule has 0 atom stereocenters. The standard InChI is InChI=1S/C20H28N2O4/c1-14-12-15(25-3)13-16(18(23)26-4)17(14)21-19(24)20(8-9-20)22(2)10-6-5-7-11-22/h12-13H,5-11H2,1-4H3/p+1. The molecule has 142 valence electrons. The van der Waals surface area contributed by atoms with Crippen molar-refractivity contribution >= 4 is 17.6 Å². The predicted octanol–water partition coefficient (Wildman–Crippen LogP) is 2.89. The van der Waals surface area contributed by atoms with Gasteiger partial charge in [0.1, 0.15) is 5.75 Å². The number of carbonyl (C=O) groups excluding carboxylic acids is 2.